The molecule has 0 saturated carbocycles. The lowest BCUT2D eigenvalue weighted by molar-refractivity contribution is 0.0698. The highest BCUT2D eigenvalue weighted by atomic mass is 35.5. The maximum atomic E-state index is 12.5. The molecule has 0 aliphatic heterocycles. The second kappa shape index (κ2) is 7.94. The van der Waals surface area contributed by atoms with Crippen LogP contribution in [0.15, 0.2) is 79.1 Å². The van der Waals surface area contributed by atoms with Gasteiger partial charge in [0.2, 0.25) is 0 Å². The summed E-state index contributed by atoms with van der Waals surface area (Å²) in [5.74, 6) is -1.48. The minimum atomic E-state index is -1.11. The second-order valence-electron chi connectivity index (χ2n) is 5.96. The number of nitrogens with one attached hydrogen (secondary N) is 1. The number of amides is 1. The highest BCUT2D eigenvalue weighted by Gasteiger charge is 2.15. The van der Waals surface area contributed by atoms with Crippen LogP contribution < -0.4 is 5.32 Å². The summed E-state index contributed by atoms with van der Waals surface area (Å²) in [7, 11) is 0. The molecule has 1 heterocycles. The molecule has 0 spiro atoms. The molecule has 0 radical (unpaired) electrons. The van der Waals surface area contributed by atoms with Crippen molar-refractivity contribution in [3.63, 3.8) is 0 Å². The van der Waals surface area contributed by atoms with Crippen LogP contribution in [0.4, 0.5) is 5.69 Å². The van der Waals surface area contributed by atoms with E-state index in [4.69, 9.17) is 0 Å². The normalized spacial score (nSPS) is 10.3. The van der Waals surface area contributed by atoms with Crippen molar-refractivity contribution < 1.29 is 14.7 Å². The van der Waals surface area contributed by atoms with Gasteiger partial charge in [-0.25, -0.2) is 9.78 Å². The van der Waals surface area contributed by atoms with Gasteiger partial charge in [0.1, 0.15) is 6.33 Å². The van der Waals surface area contributed by atoms with Crippen molar-refractivity contribution in [2.75, 3.05) is 5.32 Å². The predicted molar refractivity (Wildman–Crippen MR) is 110 cm³/mol. The van der Waals surface area contributed by atoms with E-state index in [9.17, 15) is 14.7 Å². The van der Waals surface area contributed by atoms with Crippen LogP contribution in [-0.4, -0.2) is 26.5 Å². The number of carboxylic acids is 1. The fourth-order valence-corrected chi connectivity index (χ4v) is 2.92. The van der Waals surface area contributed by atoms with E-state index in [1.54, 1.807) is 42.7 Å². The summed E-state index contributed by atoms with van der Waals surface area (Å²) in [5, 5.41) is 12.2. The second-order valence-corrected chi connectivity index (χ2v) is 5.96. The van der Waals surface area contributed by atoms with Crippen LogP contribution in [0.2, 0.25) is 0 Å². The van der Waals surface area contributed by atoms with Gasteiger partial charge in [-0.1, -0.05) is 30.3 Å². The van der Waals surface area contributed by atoms with Gasteiger partial charge in [0.05, 0.1) is 22.3 Å². The first kappa shape index (κ1) is 19.1. The van der Waals surface area contributed by atoms with Crippen LogP contribution in [0, 0.1) is 0 Å². The van der Waals surface area contributed by atoms with E-state index in [0.29, 0.717) is 11.3 Å². The van der Waals surface area contributed by atoms with E-state index in [0.717, 1.165) is 11.0 Å². The van der Waals surface area contributed by atoms with Crippen molar-refractivity contribution in [3.05, 3.63) is 90.3 Å². The third-order valence-corrected chi connectivity index (χ3v) is 4.25. The highest BCUT2D eigenvalue weighted by molar-refractivity contribution is 6.08. The summed E-state index contributed by atoms with van der Waals surface area (Å²) < 4.78 is 1.85. The Balaban J connectivity index is 0.00000225. The number of benzene rings is 3. The summed E-state index contributed by atoms with van der Waals surface area (Å²) in [6.45, 7) is 0. The molecule has 0 bridgehead atoms. The number of aromatic nitrogens is 2. The SMILES string of the molecule is Cl.O=C(Nc1cc(-n2cnc3ccccc32)ccc1C(=O)O)c1ccccc1. The molecule has 0 saturated heterocycles. The first-order valence-electron chi connectivity index (χ1n) is 8.30. The van der Waals surface area contributed by atoms with Gasteiger partial charge in [-0.05, 0) is 42.5 Å². The van der Waals surface area contributed by atoms with Crippen molar-refractivity contribution in [1.82, 2.24) is 9.55 Å². The third-order valence-electron chi connectivity index (χ3n) is 4.25. The molecule has 0 aliphatic rings. The number of aromatic carboxylic acids is 1. The predicted octanol–water partition coefficient (Wildman–Crippen LogP) is 4.40. The van der Waals surface area contributed by atoms with Crippen molar-refractivity contribution in [2.45, 2.75) is 0 Å². The monoisotopic (exact) mass is 393 g/mol. The number of hydrogen-bond donors (Lipinski definition) is 2. The standard InChI is InChI=1S/C21H15N3O3.ClH/c25-20(14-6-2-1-3-7-14)23-18-12-15(10-11-16(18)21(26)27)24-13-22-17-8-4-5-9-19(17)24;/h1-13H,(H,23,25)(H,26,27);1H. The van der Waals surface area contributed by atoms with Crippen molar-refractivity contribution in [3.8, 4) is 5.69 Å². The van der Waals surface area contributed by atoms with E-state index in [-0.39, 0.29) is 29.6 Å². The quantitative estimate of drug-likeness (QED) is 0.538. The minimum Gasteiger partial charge on any atom is -0.478 e. The fourth-order valence-electron chi connectivity index (χ4n) is 2.92. The van der Waals surface area contributed by atoms with E-state index in [1.807, 2.05) is 34.9 Å². The number of nitrogens with zero attached hydrogens (tertiary/aromatic N) is 2. The molecule has 28 heavy (non-hydrogen) atoms. The fraction of sp³-hybridized carbons (Fsp3) is 0. The topological polar surface area (TPSA) is 84.2 Å². The summed E-state index contributed by atoms with van der Waals surface area (Å²) in [4.78, 5) is 28.4. The third kappa shape index (κ3) is 3.58. The first-order valence-corrected chi connectivity index (χ1v) is 8.30. The van der Waals surface area contributed by atoms with Crippen molar-refractivity contribution in [1.29, 1.82) is 0 Å². The molecule has 7 heteroatoms. The Morgan fingerprint density at radius 2 is 1.64 bits per heavy atom. The number of carbonyl (C=O) groups is 2. The zero-order valence-electron chi connectivity index (χ0n) is 14.6. The van der Waals surface area contributed by atoms with Gasteiger partial charge in [0.15, 0.2) is 0 Å². The number of fused-ring (bicyclic) bond motifs is 1. The largest absolute Gasteiger partial charge is 0.478 e. The van der Waals surface area contributed by atoms with E-state index in [2.05, 4.69) is 10.3 Å². The van der Waals surface area contributed by atoms with Crippen LogP contribution in [0.3, 0.4) is 0 Å². The maximum Gasteiger partial charge on any atom is 0.337 e. The molecule has 1 amide bonds. The van der Waals surface area contributed by atoms with E-state index < -0.39 is 5.97 Å². The zero-order valence-corrected chi connectivity index (χ0v) is 15.4. The summed E-state index contributed by atoms with van der Waals surface area (Å²) in [5.41, 5.74) is 3.12. The number of para-hydroxylation sites is 2. The van der Waals surface area contributed by atoms with Gasteiger partial charge in [0, 0.05) is 11.3 Å². The Labute approximate surface area is 166 Å². The van der Waals surface area contributed by atoms with Crippen LogP contribution in [-0.2, 0) is 0 Å². The summed E-state index contributed by atoms with van der Waals surface area (Å²) >= 11 is 0. The van der Waals surface area contributed by atoms with Crippen molar-refractivity contribution >= 4 is 41.0 Å². The zero-order chi connectivity index (χ0) is 18.8. The van der Waals surface area contributed by atoms with Crippen LogP contribution >= 0.6 is 12.4 Å². The van der Waals surface area contributed by atoms with Crippen molar-refractivity contribution in [2.24, 2.45) is 0 Å². The molecular weight excluding hydrogens is 378 g/mol. The molecule has 1 aromatic heterocycles. The number of carbonyl (C=O) groups excluding carboxylic acids is 1. The average molecular weight is 394 g/mol. The van der Waals surface area contributed by atoms with Gasteiger partial charge >= 0.3 is 5.97 Å². The molecule has 4 rings (SSSR count). The summed E-state index contributed by atoms with van der Waals surface area (Å²) in [6, 6.07) is 21.1. The van der Waals surface area contributed by atoms with Crippen LogP contribution in [0.1, 0.15) is 20.7 Å². The van der Waals surface area contributed by atoms with Crippen LogP contribution in [0.5, 0.6) is 0 Å². The highest BCUT2D eigenvalue weighted by Crippen LogP contribution is 2.24. The Morgan fingerprint density at radius 1 is 0.929 bits per heavy atom. The van der Waals surface area contributed by atoms with Crippen LogP contribution in [0.25, 0.3) is 16.7 Å². The number of rotatable bonds is 4. The van der Waals surface area contributed by atoms with E-state index in [1.165, 1.54) is 6.07 Å². The Morgan fingerprint density at radius 3 is 2.39 bits per heavy atom. The molecule has 3 aromatic carbocycles. The molecule has 0 atom stereocenters. The number of carboxylic acid groups (broad SMARTS) is 1. The molecular formula is C21H16ClN3O3. The minimum absolute atomic E-state index is 0. The number of anilines is 1. The smallest absolute Gasteiger partial charge is 0.337 e. The molecule has 0 fully saturated rings. The molecule has 140 valence electrons. The molecule has 0 aliphatic carbocycles. The lowest BCUT2D eigenvalue weighted by atomic mass is 10.1. The molecule has 6 nitrogen and oxygen atoms in total. The Kier molecular flexibility index (Phi) is 5.42. The first-order chi connectivity index (χ1) is 13.1. The number of halogens is 1. The molecule has 2 N–H and O–H groups in total. The number of hydrogen-bond acceptors (Lipinski definition) is 3. The Bertz CT molecular complexity index is 1160. The summed E-state index contributed by atoms with van der Waals surface area (Å²) in [6.07, 6.45) is 1.67. The van der Waals surface area contributed by atoms with Gasteiger partial charge in [-0.2, -0.15) is 0 Å². The van der Waals surface area contributed by atoms with Gasteiger partial charge in [-0.15, -0.1) is 12.4 Å². The van der Waals surface area contributed by atoms with Gasteiger partial charge < -0.3 is 10.4 Å². The lowest BCUT2D eigenvalue weighted by Gasteiger charge is -2.12. The van der Waals surface area contributed by atoms with E-state index >= 15 is 0 Å². The average Bonchev–Trinajstić information content (AvgIpc) is 3.12. The van der Waals surface area contributed by atoms with Gasteiger partial charge in [0.25, 0.3) is 5.91 Å². The molecule has 0 unspecified atom stereocenters. The lowest BCUT2D eigenvalue weighted by Crippen LogP contribution is -2.15. The maximum absolute atomic E-state index is 12.5. The number of imidazole rings is 1. The Hall–Kier alpha value is -3.64. The van der Waals surface area contributed by atoms with Gasteiger partial charge in [-0.3, -0.25) is 9.36 Å². The molecule has 4 aromatic rings.